The summed E-state index contributed by atoms with van der Waals surface area (Å²) < 4.78 is 56.2. The van der Waals surface area contributed by atoms with Gasteiger partial charge in [-0.1, -0.05) is 0 Å². The van der Waals surface area contributed by atoms with Crippen LogP contribution in [0, 0.1) is 11.6 Å². The smallest absolute Gasteiger partial charge is 0.319 e. The van der Waals surface area contributed by atoms with Crippen molar-refractivity contribution in [2.24, 2.45) is 0 Å². The number of hydrogen-bond donors (Lipinski definition) is 0. The SMILES string of the molecule is Fc1c(Br)c(F)c2nc(OC[C@@]34CCCN3C[C@H](F)C4)nc3c2c1CC[C@H]1COCCCN31. The van der Waals surface area contributed by atoms with Gasteiger partial charge in [0.2, 0.25) is 0 Å². The van der Waals surface area contributed by atoms with Gasteiger partial charge in [0.25, 0.3) is 0 Å². The van der Waals surface area contributed by atoms with Crippen molar-refractivity contribution in [2.75, 3.05) is 44.4 Å². The van der Waals surface area contributed by atoms with Crippen LogP contribution in [0.3, 0.4) is 0 Å². The number of ether oxygens (including phenoxy) is 2. The molecule has 3 saturated heterocycles. The summed E-state index contributed by atoms with van der Waals surface area (Å²) in [5, 5.41) is 0.412. The molecule has 5 heterocycles. The quantitative estimate of drug-likeness (QED) is 0.559. The van der Waals surface area contributed by atoms with Gasteiger partial charge in [0, 0.05) is 31.7 Å². The van der Waals surface area contributed by atoms with Crippen LogP contribution >= 0.6 is 15.9 Å². The van der Waals surface area contributed by atoms with E-state index in [1.165, 1.54) is 0 Å². The van der Waals surface area contributed by atoms with Crippen molar-refractivity contribution >= 4 is 32.7 Å². The first-order valence-corrected chi connectivity index (χ1v) is 12.5. The minimum absolute atomic E-state index is 0.0122. The number of benzene rings is 1. The van der Waals surface area contributed by atoms with Crippen molar-refractivity contribution in [3.8, 4) is 6.01 Å². The fourth-order valence-electron chi connectivity index (χ4n) is 6.12. The second kappa shape index (κ2) is 8.23. The lowest BCUT2D eigenvalue weighted by molar-refractivity contribution is 0.107. The van der Waals surface area contributed by atoms with Gasteiger partial charge in [-0.05, 0) is 54.6 Å². The zero-order valence-corrected chi connectivity index (χ0v) is 19.8. The molecule has 0 bridgehead atoms. The molecule has 2 aromatic rings. The zero-order chi connectivity index (χ0) is 22.7. The van der Waals surface area contributed by atoms with E-state index in [2.05, 4.69) is 30.7 Å². The third kappa shape index (κ3) is 3.51. The van der Waals surface area contributed by atoms with Gasteiger partial charge in [-0.15, -0.1) is 0 Å². The number of rotatable bonds is 3. The van der Waals surface area contributed by atoms with Gasteiger partial charge in [-0.3, -0.25) is 4.90 Å². The number of aryl methyl sites for hydroxylation is 1. The maximum atomic E-state index is 15.3. The number of fused-ring (bicyclic) bond motifs is 3. The maximum Gasteiger partial charge on any atom is 0.319 e. The predicted molar refractivity (Wildman–Crippen MR) is 121 cm³/mol. The van der Waals surface area contributed by atoms with Crippen molar-refractivity contribution in [3.63, 3.8) is 0 Å². The molecule has 6 nitrogen and oxygen atoms in total. The summed E-state index contributed by atoms with van der Waals surface area (Å²) >= 11 is 3.08. The molecule has 4 aliphatic rings. The molecule has 178 valence electrons. The molecule has 0 unspecified atom stereocenters. The molecule has 0 radical (unpaired) electrons. The molecular formula is C23H26BrF3N4O2. The summed E-state index contributed by atoms with van der Waals surface area (Å²) in [5.41, 5.74) is 0.113. The van der Waals surface area contributed by atoms with Crippen LogP contribution in [0.15, 0.2) is 4.47 Å². The Balaban J connectivity index is 1.44. The van der Waals surface area contributed by atoms with Crippen LogP contribution in [0.2, 0.25) is 0 Å². The summed E-state index contributed by atoms with van der Waals surface area (Å²) in [5.74, 6) is -0.856. The van der Waals surface area contributed by atoms with E-state index < -0.39 is 17.8 Å². The molecule has 0 saturated carbocycles. The van der Waals surface area contributed by atoms with E-state index in [-0.39, 0.29) is 34.2 Å². The van der Waals surface area contributed by atoms with Gasteiger partial charge in [0.05, 0.1) is 28.0 Å². The normalized spacial score (nSPS) is 29.6. The fraction of sp³-hybridized carbons (Fsp3) is 0.652. The molecule has 10 heteroatoms. The Kier molecular flexibility index (Phi) is 5.45. The molecule has 4 aliphatic heterocycles. The van der Waals surface area contributed by atoms with Crippen LogP contribution in [0.4, 0.5) is 19.0 Å². The number of aromatic nitrogens is 2. The molecule has 1 aromatic heterocycles. The van der Waals surface area contributed by atoms with Crippen molar-refractivity contribution < 1.29 is 22.6 Å². The first-order chi connectivity index (χ1) is 16.0. The molecule has 0 aliphatic carbocycles. The van der Waals surface area contributed by atoms with Crippen molar-refractivity contribution in [3.05, 3.63) is 21.7 Å². The van der Waals surface area contributed by atoms with E-state index in [4.69, 9.17) is 14.5 Å². The number of anilines is 1. The number of hydrogen-bond acceptors (Lipinski definition) is 6. The summed E-state index contributed by atoms with van der Waals surface area (Å²) in [7, 11) is 0. The van der Waals surface area contributed by atoms with Crippen LogP contribution in [0.5, 0.6) is 6.01 Å². The van der Waals surface area contributed by atoms with Crippen LogP contribution in [-0.4, -0.2) is 72.1 Å². The molecule has 3 fully saturated rings. The van der Waals surface area contributed by atoms with Crippen LogP contribution in [0.1, 0.15) is 37.7 Å². The lowest BCUT2D eigenvalue weighted by Gasteiger charge is -2.31. The van der Waals surface area contributed by atoms with Crippen LogP contribution in [0.25, 0.3) is 10.9 Å². The molecule has 0 amide bonds. The molecular weight excluding hydrogens is 501 g/mol. The maximum absolute atomic E-state index is 15.3. The highest BCUT2D eigenvalue weighted by Gasteiger charge is 2.49. The van der Waals surface area contributed by atoms with Crippen molar-refractivity contribution in [1.82, 2.24) is 14.9 Å². The average molecular weight is 527 g/mol. The van der Waals surface area contributed by atoms with E-state index in [0.29, 0.717) is 62.3 Å². The molecule has 1 aromatic carbocycles. The molecule has 33 heavy (non-hydrogen) atoms. The number of halogens is 4. The molecule has 0 N–H and O–H groups in total. The Morgan fingerprint density at radius 1 is 1.18 bits per heavy atom. The van der Waals surface area contributed by atoms with Gasteiger partial charge >= 0.3 is 6.01 Å². The summed E-state index contributed by atoms with van der Waals surface area (Å²) in [6.07, 6.45) is 3.33. The Labute approximate surface area is 198 Å². The number of nitrogens with zero attached hydrogens (tertiary/aromatic N) is 4. The summed E-state index contributed by atoms with van der Waals surface area (Å²) in [4.78, 5) is 13.3. The fourth-order valence-corrected chi connectivity index (χ4v) is 6.55. The molecule has 3 atom stereocenters. The largest absolute Gasteiger partial charge is 0.461 e. The second-order valence-corrected chi connectivity index (χ2v) is 10.4. The highest BCUT2D eigenvalue weighted by atomic mass is 79.9. The van der Waals surface area contributed by atoms with Gasteiger partial charge in [0.15, 0.2) is 5.82 Å². The Hall–Kier alpha value is -1.65. The topological polar surface area (TPSA) is 50.7 Å². The summed E-state index contributed by atoms with van der Waals surface area (Å²) in [6, 6.07) is 0.0633. The summed E-state index contributed by atoms with van der Waals surface area (Å²) in [6.45, 7) is 3.36. The average Bonchev–Trinajstić information content (AvgIpc) is 3.14. The Morgan fingerprint density at radius 2 is 2.06 bits per heavy atom. The molecule has 0 spiro atoms. The van der Waals surface area contributed by atoms with Gasteiger partial charge in [-0.2, -0.15) is 9.97 Å². The lowest BCUT2D eigenvalue weighted by atomic mass is 9.95. The van der Waals surface area contributed by atoms with Crippen LogP contribution in [-0.2, 0) is 11.2 Å². The first-order valence-electron chi connectivity index (χ1n) is 11.7. The van der Waals surface area contributed by atoms with E-state index in [0.717, 1.165) is 25.8 Å². The minimum Gasteiger partial charge on any atom is -0.461 e. The first kappa shape index (κ1) is 21.9. The van der Waals surface area contributed by atoms with E-state index >= 15 is 8.78 Å². The predicted octanol–water partition coefficient (Wildman–Crippen LogP) is 4.17. The highest BCUT2D eigenvalue weighted by Crippen LogP contribution is 2.43. The standard InChI is InChI=1S/C23H26BrF3N4O2/c24-17-18(26)15-4-3-14-11-32-8-2-7-31(14)21-16(15)20(19(17)27)28-22(29-21)33-12-23-5-1-6-30(23)10-13(25)9-23/h13-14H,1-12H2/t13-,14+,23+/m1/s1. The van der Waals surface area contributed by atoms with Crippen LogP contribution < -0.4 is 9.64 Å². The zero-order valence-electron chi connectivity index (χ0n) is 18.3. The van der Waals surface area contributed by atoms with E-state index in [1.54, 1.807) is 0 Å². The number of alkyl halides is 1. The van der Waals surface area contributed by atoms with E-state index in [9.17, 15) is 4.39 Å². The van der Waals surface area contributed by atoms with E-state index in [1.807, 2.05) is 0 Å². The van der Waals surface area contributed by atoms with Gasteiger partial charge in [0.1, 0.15) is 29.9 Å². The lowest BCUT2D eigenvalue weighted by Crippen LogP contribution is -2.43. The second-order valence-electron chi connectivity index (χ2n) is 9.65. The van der Waals surface area contributed by atoms with Gasteiger partial charge in [-0.25, -0.2) is 13.2 Å². The van der Waals surface area contributed by atoms with Crippen molar-refractivity contribution in [2.45, 2.75) is 56.3 Å². The third-order valence-corrected chi connectivity index (χ3v) is 8.39. The Morgan fingerprint density at radius 3 is 2.94 bits per heavy atom. The van der Waals surface area contributed by atoms with Crippen molar-refractivity contribution in [1.29, 1.82) is 0 Å². The Bertz CT molecular complexity index is 1110. The third-order valence-electron chi connectivity index (χ3n) is 7.70. The highest BCUT2D eigenvalue weighted by molar-refractivity contribution is 9.10. The molecule has 6 rings (SSSR count). The monoisotopic (exact) mass is 526 g/mol. The van der Waals surface area contributed by atoms with Gasteiger partial charge < -0.3 is 14.4 Å². The minimum atomic E-state index is -0.868.